The number of carbonyl (C=O) groups excluding carboxylic acids is 1. The third-order valence-corrected chi connectivity index (χ3v) is 4.24. The van der Waals surface area contributed by atoms with Crippen molar-refractivity contribution in [2.24, 2.45) is 5.92 Å². The average Bonchev–Trinajstić information content (AvgIpc) is 2.63. The molecular formula is C13H25N3O. The third-order valence-electron chi connectivity index (χ3n) is 4.24. The summed E-state index contributed by atoms with van der Waals surface area (Å²) < 4.78 is 0. The van der Waals surface area contributed by atoms with Gasteiger partial charge in [-0.1, -0.05) is 13.8 Å². The van der Waals surface area contributed by atoms with Crippen LogP contribution in [0.25, 0.3) is 0 Å². The van der Waals surface area contributed by atoms with Crippen molar-refractivity contribution in [3.8, 4) is 0 Å². The summed E-state index contributed by atoms with van der Waals surface area (Å²) in [4.78, 5) is 16.2. The van der Waals surface area contributed by atoms with Gasteiger partial charge in [0.2, 0.25) is 5.91 Å². The van der Waals surface area contributed by atoms with Crippen LogP contribution in [-0.2, 0) is 4.79 Å². The molecule has 0 aromatic rings. The predicted octanol–water partition coefficient (Wildman–Crippen LogP) is 0.537. The van der Waals surface area contributed by atoms with E-state index in [0.717, 1.165) is 32.6 Å². The number of carbonyl (C=O) groups is 1. The minimum Gasteiger partial charge on any atom is -0.344 e. The van der Waals surface area contributed by atoms with E-state index in [1.165, 1.54) is 6.42 Å². The summed E-state index contributed by atoms with van der Waals surface area (Å²) in [6.07, 6.45) is 2.18. The number of rotatable bonds is 3. The molecule has 4 nitrogen and oxygen atoms in total. The van der Waals surface area contributed by atoms with E-state index in [4.69, 9.17) is 0 Å². The van der Waals surface area contributed by atoms with Crippen LogP contribution >= 0.6 is 0 Å². The number of likely N-dealkylation sites (tertiary alicyclic amines) is 2. The zero-order chi connectivity index (χ0) is 12.4. The van der Waals surface area contributed by atoms with Gasteiger partial charge in [-0.05, 0) is 25.3 Å². The number of nitrogens with zero attached hydrogens (tertiary/aromatic N) is 2. The van der Waals surface area contributed by atoms with Gasteiger partial charge < -0.3 is 10.2 Å². The molecule has 3 unspecified atom stereocenters. The maximum Gasteiger partial charge on any atom is 0.239 e. The maximum absolute atomic E-state index is 12.0. The van der Waals surface area contributed by atoms with Crippen LogP contribution in [-0.4, -0.2) is 61.0 Å². The molecule has 1 amide bonds. The Morgan fingerprint density at radius 3 is 2.65 bits per heavy atom. The highest BCUT2D eigenvalue weighted by molar-refractivity contribution is 5.83. The Morgan fingerprint density at radius 2 is 2.12 bits per heavy atom. The summed E-state index contributed by atoms with van der Waals surface area (Å²) in [6, 6.07) is 0.788. The summed E-state index contributed by atoms with van der Waals surface area (Å²) in [6.45, 7) is 8.54. The zero-order valence-electron chi connectivity index (χ0n) is 11.3. The van der Waals surface area contributed by atoms with E-state index in [9.17, 15) is 4.79 Å². The van der Waals surface area contributed by atoms with Gasteiger partial charge in [-0.2, -0.15) is 0 Å². The fourth-order valence-corrected chi connectivity index (χ4v) is 3.17. The lowest BCUT2D eigenvalue weighted by Crippen LogP contribution is -2.53. The second kappa shape index (κ2) is 5.36. The number of hydrogen-bond acceptors (Lipinski definition) is 3. The summed E-state index contributed by atoms with van der Waals surface area (Å²) >= 11 is 0. The minimum atomic E-state index is 0.157. The molecule has 2 aliphatic heterocycles. The molecule has 1 N–H and O–H groups in total. The topological polar surface area (TPSA) is 35.6 Å². The SMILES string of the molecule is CCNC1CCN(C2CCN(C)C2=O)CC1C. The molecule has 2 saturated heterocycles. The Morgan fingerprint density at radius 1 is 1.35 bits per heavy atom. The fraction of sp³-hybridized carbons (Fsp3) is 0.923. The van der Waals surface area contributed by atoms with Crippen LogP contribution in [0.15, 0.2) is 0 Å². The number of likely N-dealkylation sites (N-methyl/N-ethyl adjacent to an activating group) is 1. The Hall–Kier alpha value is -0.610. The highest BCUT2D eigenvalue weighted by atomic mass is 16.2. The molecule has 0 spiro atoms. The van der Waals surface area contributed by atoms with Crippen molar-refractivity contribution in [2.75, 3.05) is 33.2 Å². The van der Waals surface area contributed by atoms with Gasteiger partial charge in [0, 0.05) is 32.7 Å². The molecule has 2 rings (SSSR count). The van der Waals surface area contributed by atoms with E-state index in [2.05, 4.69) is 24.1 Å². The Kier molecular flexibility index (Phi) is 4.05. The lowest BCUT2D eigenvalue weighted by atomic mass is 9.92. The first-order chi connectivity index (χ1) is 8.13. The third kappa shape index (κ3) is 2.63. The van der Waals surface area contributed by atoms with Gasteiger partial charge in [0.25, 0.3) is 0 Å². The minimum absolute atomic E-state index is 0.157. The van der Waals surface area contributed by atoms with E-state index in [0.29, 0.717) is 17.9 Å². The lowest BCUT2D eigenvalue weighted by molar-refractivity contribution is -0.131. The van der Waals surface area contributed by atoms with Crippen molar-refractivity contribution in [2.45, 2.75) is 38.8 Å². The number of amides is 1. The molecule has 0 aliphatic carbocycles. The van der Waals surface area contributed by atoms with Crippen molar-refractivity contribution in [3.63, 3.8) is 0 Å². The van der Waals surface area contributed by atoms with Crippen LogP contribution in [0.4, 0.5) is 0 Å². The fourth-order valence-electron chi connectivity index (χ4n) is 3.17. The second-order valence-electron chi connectivity index (χ2n) is 5.49. The van der Waals surface area contributed by atoms with E-state index >= 15 is 0 Å². The maximum atomic E-state index is 12.0. The van der Waals surface area contributed by atoms with E-state index in [1.807, 2.05) is 11.9 Å². The molecule has 3 atom stereocenters. The molecule has 0 aromatic heterocycles. The number of hydrogen-bond donors (Lipinski definition) is 1. The van der Waals surface area contributed by atoms with Gasteiger partial charge in [0.15, 0.2) is 0 Å². The zero-order valence-corrected chi connectivity index (χ0v) is 11.3. The summed E-state index contributed by atoms with van der Waals surface area (Å²) in [5.74, 6) is 0.960. The van der Waals surface area contributed by atoms with E-state index in [1.54, 1.807) is 0 Å². The molecule has 0 aromatic carbocycles. The van der Waals surface area contributed by atoms with Crippen LogP contribution in [0.2, 0.25) is 0 Å². The molecule has 2 aliphatic rings. The van der Waals surface area contributed by atoms with Crippen LogP contribution in [0.3, 0.4) is 0 Å². The Balaban J connectivity index is 1.91. The quantitative estimate of drug-likeness (QED) is 0.781. The van der Waals surface area contributed by atoms with Gasteiger partial charge in [-0.3, -0.25) is 9.69 Å². The van der Waals surface area contributed by atoms with Crippen LogP contribution in [0.1, 0.15) is 26.7 Å². The second-order valence-corrected chi connectivity index (χ2v) is 5.49. The number of piperidine rings is 1. The molecule has 2 heterocycles. The predicted molar refractivity (Wildman–Crippen MR) is 68.9 cm³/mol. The molecule has 4 heteroatoms. The summed E-state index contributed by atoms with van der Waals surface area (Å²) in [7, 11) is 1.91. The first-order valence-corrected chi connectivity index (χ1v) is 6.86. The molecular weight excluding hydrogens is 214 g/mol. The highest BCUT2D eigenvalue weighted by Gasteiger charge is 2.37. The van der Waals surface area contributed by atoms with Crippen molar-refractivity contribution in [3.05, 3.63) is 0 Å². The number of nitrogens with one attached hydrogen (secondary N) is 1. The molecule has 17 heavy (non-hydrogen) atoms. The van der Waals surface area contributed by atoms with Crippen LogP contribution < -0.4 is 5.32 Å². The monoisotopic (exact) mass is 239 g/mol. The van der Waals surface area contributed by atoms with Crippen molar-refractivity contribution in [1.82, 2.24) is 15.1 Å². The first kappa shape index (κ1) is 12.8. The van der Waals surface area contributed by atoms with E-state index < -0.39 is 0 Å². The van der Waals surface area contributed by atoms with Crippen molar-refractivity contribution in [1.29, 1.82) is 0 Å². The highest BCUT2D eigenvalue weighted by Crippen LogP contribution is 2.23. The van der Waals surface area contributed by atoms with Gasteiger partial charge in [-0.15, -0.1) is 0 Å². The van der Waals surface area contributed by atoms with Crippen LogP contribution in [0.5, 0.6) is 0 Å². The molecule has 2 fully saturated rings. The summed E-state index contributed by atoms with van der Waals surface area (Å²) in [5.41, 5.74) is 0. The largest absolute Gasteiger partial charge is 0.344 e. The Labute approximate surface area is 104 Å². The normalized spacial score (nSPS) is 35.6. The average molecular weight is 239 g/mol. The lowest BCUT2D eigenvalue weighted by Gasteiger charge is -2.39. The van der Waals surface area contributed by atoms with Crippen molar-refractivity contribution >= 4 is 5.91 Å². The summed E-state index contributed by atoms with van der Waals surface area (Å²) in [5, 5.41) is 3.54. The Bertz CT molecular complexity index is 282. The van der Waals surface area contributed by atoms with E-state index in [-0.39, 0.29) is 6.04 Å². The van der Waals surface area contributed by atoms with Gasteiger partial charge >= 0.3 is 0 Å². The molecule has 0 saturated carbocycles. The standard InChI is InChI=1S/C13H25N3O/c1-4-14-11-5-8-16(9-10(11)2)12-6-7-15(3)13(12)17/h10-12,14H,4-9H2,1-3H3. The molecule has 0 radical (unpaired) electrons. The molecule has 98 valence electrons. The smallest absolute Gasteiger partial charge is 0.239 e. The van der Waals surface area contributed by atoms with Gasteiger partial charge in [0.1, 0.15) is 0 Å². The van der Waals surface area contributed by atoms with Crippen molar-refractivity contribution < 1.29 is 4.79 Å². The van der Waals surface area contributed by atoms with Crippen LogP contribution in [0, 0.1) is 5.92 Å². The van der Waals surface area contributed by atoms with Gasteiger partial charge in [0.05, 0.1) is 6.04 Å². The molecule has 0 bridgehead atoms. The van der Waals surface area contributed by atoms with Gasteiger partial charge in [-0.25, -0.2) is 0 Å². The first-order valence-electron chi connectivity index (χ1n) is 6.86.